The molecule has 0 atom stereocenters. The van der Waals surface area contributed by atoms with Crippen molar-refractivity contribution in [3.8, 4) is 0 Å². The van der Waals surface area contributed by atoms with Crippen LogP contribution in [0.15, 0.2) is 6.20 Å². The normalized spacial score (nSPS) is 17.9. The predicted octanol–water partition coefficient (Wildman–Crippen LogP) is 3.95. The van der Waals surface area contributed by atoms with E-state index in [1.807, 2.05) is 13.8 Å². The van der Waals surface area contributed by atoms with Gasteiger partial charge in [-0.05, 0) is 39.8 Å². The van der Waals surface area contributed by atoms with Gasteiger partial charge < -0.3 is 0 Å². The van der Waals surface area contributed by atoms with Gasteiger partial charge in [-0.1, -0.05) is 38.3 Å². The second kappa shape index (κ2) is 6.49. The molecule has 0 radical (unpaired) electrons. The molecular formula is C16H26ClN3O. The number of Topliss-reactive ketones (excluding diaryl/α,β-unsaturated/α-hetero) is 1. The first kappa shape index (κ1) is 16.5. The minimum absolute atomic E-state index is 0.131. The molecule has 0 aromatic carbocycles. The third-order valence-corrected chi connectivity index (χ3v) is 4.95. The van der Waals surface area contributed by atoms with Gasteiger partial charge in [0.05, 0.1) is 16.8 Å². The number of nitrogens with zero attached hydrogens (tertiary/aromatic N) is 3. The molecule has 0 bridgehead atoms. The van der Waals surface area contributed by atoms with Crippen molar-refractivity contribution < 1.29 is 4.79 Å². The third-order valence-electron chi connectivity index (χ3n) is 4.68. The Labute approximate surface area is 132 Å². The second-order valence-corrected chi connectivity index (χ2v) is 6.53. The number of rotatable bonds is 6. The Morgan fingerprint density at radius 2 is 1.95 bits per heavy atom. The number of likely N-dealkylation sites (N-methyl/N-ethyl adjacent to an activating group) is 1. The predicted molar refractivity (Wildman–Crippen MR) is 86.1 cm³/mol. The molecule has 1 saturated carbocycles. The van der Waals surface area contributed by atoms with Crippen LogP contribution in [0, 0.1) is 0 Å². The summed E-state index contributed by atoms with van der Waals surface area (Å²) in [5, 5.41) is 4.77. The van der Waals surface area contributed by atoms with Gasteiger partial charge in [0.2, 0.25) is 5.78 Å². The van der Waals surface area contributed by atoms with E-state index < -0.39 is 0 Å². The molecule has 2 rings (SSSR count). The molecule has 0 aliphatic heterocycles. The first-order chi connectivity index (χ1) is 9.97. The van der Waals surface area contributed by atoms with Crippen LogP contribution in [-0.2, 0) is 0 Å². The van der Waals surface area contributed by atoms with E-state index in [0.717, 1.165) is 38.8 Å². The molecular weight excluding hydrogens is 286 g/mol. The van der Waals surface area contributed by atoms with Crippen LogP contribution in [-0.4, -0.2) is 39.1 Å². The Hall–Kier alpha value is -0.870. The fourth-order valence-corrected chi connectivity index (χ4v) is 3.86. The zero-order valence-corrected chi connectivity index (χ0v) is 14.3. The van der Waals surface area contributed by atoms with Crippen LogP contribution in [0.25, 0.3) is 0 Å². The van der Waals surface area contributed by atoms with Crippen LogP contribution >= 0.6 is 11.6 Å². The summed E-state index contributed by atoms with van der Waals surface area (Å²) in [7, 11) is 0. The fraction of sp³-hybridized carbons (Fsp3) is 0.750. The highest BCUT2D eigenvalue weighted by molar-refractivity contribution is 6.34. The number of carbonyl (C=O) groups excluding carboxylic acids is 1. The second-order valence-electron chi connectivity index (χ2n) is 6.12. The molecule has 0 N–H and O–H groups in total. The van der Waals surface area contributed by atoms with Crippen LogP contribution in [0.2, 0.25) is 5.02 Å². The van der Waals surface area contributed by atoms with Crippen molar-refractivity contribution in [2.45, 2.75) is 65.0 Å². The van der Waals surface area contributed by atoms with Crippen molar-refractivity contribution in [2.75, 3.05) is 13.1 Å². The van der Waals surface area contributed by atoms with Gasteiger partial charge in [0, 0.05) is 6.04 Å². The van der Waals surface area contributed by atoms with Crippen LogP contribution in [0.4, 0.5) is 0 Å². The minimum Gasteiger partial charge on any atom is -0.291 e. The average molecular weight is 312 g/mol. The number of hydrogen-bond acceptors (Lipinski definition) is 3. The zero-order valence-electron chi connectivity index (χ0n) is 13.5. The molecule has 1 aromatic heterocycles. The van der Waals surface area contributed by atoms with Crippen LogP contribution in [0.5, 0.6) is 0 Å². The average Bonchev–Trinajstić information content (AvgIpc) is 3.07. The molecule has 0 spiro atoms. The maximum atomic E-state index is 13.3. The third kappa shape index (κ3) is 2.76. The molecule has 118 valence electrons. The summed E-state index contributed by atoms with van der Waals surface area (Å²) in [6, 6.07) is 0.131. The van der Waals surface area contributed by atoms with Crippen molar-refractivity contribution in [3.05, 3.63) is 16.9 Å². The van der Waals surface area contributed by atoms with Gasteiger partial charge in [-0.25, -0.2) is 0 Å². The summed E-state index contributed by atoms with van der Waals surface area (Å²) in [5.41, 5.74) is 0.195. The molecule has 4 nitrogen and oxygen atoms in total. The highest BCUT2D eigenvalue weighted by atomic mass is 35.5. The van der Waals surface area contributed by atoms with Crippen molar-refractivity contribution in [3.63, 3.8) is 0 Å². The van der Waals surface area contributed by atoms with E-state index in [1.54, 1.807) is 10.9 Å². The highest BCUT2D eigenvalue weighted by Gasteiger charge is 2.47. The Morgan fingerprint density at radius 3 is 2.43 bits per heavy atom. The van der Waals surface area contributed by atoms with E-state index >= 15 is 0 Å². The van der Waals surface area contributed by atoms with Crippen molar-refractivity contribution >= 4 is 17.4 Å². The van der Waals surface area contributed by atoms with Gasteiger partial charge in [0.1, 0.15) is 5.69 Å². The monoisotopic (exact) mass is 311 g/mol. The van der Waals surface area contributed by atoms with Gasteiger partial charge in [-0.15, -0.1) is 0 Å². The maximum Gasteiger partial charge on any atom is 0.202 e. The molecule has 0 unspecified atom stereocenters. The quantitative estimate of drug-likeness (QED) is 0.746. The lowest BCUT2D eigenvalue weighted by molar-refractivity contribution is 0.0571. The molecule has 21 heavy (non-hydrogen) atoms. The first-order valence-electron chi connectivity index (χ1n) is 8.00. The van der Waals surface area contributed by atoms with Crippen molar-refractivity contribution in [1.82, 2.24) is 14.7 Å². The van der Waals surface area contributed by atoms with E-state index in [-0.39, 0.29) is 17.4 Å². The summed E-state index contributed by atoms with van der Waals surface area (Å²) in [6.07, 6.45) is 5.66. The maximum absolute atomic E-state index is 13.3. The van der Waals surface area contributed by atoms with E-state index in [2.05, 4.69) is 23.8 Å². The molecule has 1 aromatic rings. The molecule has 1 aliphatic rings. The van der Waals surface area contributed by atoms with Crippen LogP contribution in [0.1, 0.15) is 69.9 Å². The summed E-state index contributed by atoms with van der Waals surface area (Å²) < 4.78 is 1.77. The summed E-state index contributed by atoms with van der Waals surface area (Å²) in [4.78, 5) is 15.7. The van der Waals surface area contributed by atoms with E-state index in [4.69, 9.17) is 11.6 Å². The number of ketones is 1. The van der Waals surface area contributed by atoms with Gasteiger partial charge >= 0.3 is 0 Å². The van der Waals surface area contributed by atoms with Crippen molar-refractivity contribution in [1.29, 1.82) is 0 Å². The molecule has 1 heterocycles. The van der Waals surface area contributed by atoms with E-state index in [1.165, 1.54) is 0 Å². The molecule has 1 fully saturated rings. The number of carbonyl (C=O) groups is 1. The Morgan fingerprint density at radius 1 is 1.38 bits per heavy atom. The molecule has 0 saturated heterocycles. The number of hydrogen-bond donors (Lipinski definition) is 0. The van der Waals surface area contributed by atoms with E-state index in [9.17, 15) is 4.79 Å². The molecule has 1 aliphatic carbocycles. The van der Waals surface area contributed by atoms with Crippen molar-refractivity contribution in [2.24, 2.45) is 0 Å². The summed E-state index contributed by atoms with van der Waals surface area (Å²) in [6.45, 7) is 10.1. The topological polar surface area (TPSA) is 38.1 Å². The largest absolute Gasteiger partial charge is 0.291 e. The Balaban J connectivity index is 2.47. The lowest BCUT2D eigenvalue weighted by Crippen LogP contribution is -2.53. The Kier molecular flexibility index (Phi) is 5.10. The summed E-state index contributed by atoms with van der Waals surface area (Å²) in [5.74, 6) is 0.153. The Bertz CT molecular complexity index is 500. The minimum atomic E-state index is -0.389. The lowest BCUT2D eigenvalue weighted by Gasteiger charge is -2.39. The van der Waals surface area contributed by atoms with Crippen LogP contribution in [0.3, 0.4) is 0 Å². The SMILES string of the molecule is CCN(CC)C1(C(=O)c2c(Cl)cnn2C(C)C)CCCC1. The summed E-state index contributed by atoms with van der Waals surface area (Å²) >= 11 is 6.29. The lowest BCUT2D eigenvalue weighted by atomic mass is 9.87. The number of halogens is 1. The number of aromatic nitrogens is 2. The van der Waals surface area contributed by atoms with Gasteiger partial charge in [0.15, 0.2) is 0 Å². The smallest absolute Gasteiger partial charge is 0.202 e. The van der Waals surface area contributed by atoms with Gasteiger partial charge in [-0.3, -0.25) is 14.4 Å². The fourth-order valence-electron chi connectivity index (χ4n) is 3.64. The van der Waals surface area contributed by atoms with Gasteiger partial charge in [0.25, 0.3) is 0 Å². The standard InChI is InChI=1S/C16H26ClN3O/c1-5-19(6-2)16(9-7-8-10-16)15(21)14-13(17)11-18-20(14)12(3)4/h11-12H,5-10H2,1-4H3. The van der Waals surface area contributed by atoms with Gasteiger partial charge in [-0.2, -0.15) is 5.10 Å². The van der Waals surface area contributed by atoms with Crippen LogP contribution < -0.4 is 0 Å². The highest BCUT2D eigenvalue weighted by Crippen LogP contribution is 2.39. The zero-order chi connectivity index (χ0) is 15.6. The molecule has 5 heteroatoms. The first-order valence-corrected chi connectivity index (χ1v) is 8.38. The molecule has 0 amide bonds. The van der Waals surface area contributed by atoms with E-state index in [0.29, 0.717) is 10.7 Å².